The van der Waals surface area contributed by atoms with E-state index in [9.17, 15) is 9.59 Å². The standard InChI is InChI=1S/C13H11NO2/c15-12-5-6-13(16)14(12)11-7-9-3-1-2-4-10(9)8-11/h1-6,11H,7-8H2. The van der Waals surface area contributed by atoms with Crippen molar-refractivity contribution < 1.29 is 9.59 Å². The first-order valence-corrected chi connectivity index (χ1v) is 5.38. The SMILES string of the molecule is O=C1C=CC(=O)N1C1Cc2ccccc2C1. The molecule has 80 valence electrons. The first kappa shape index (κ1) is 9.33. The molecule has 0 unspecified atom stereocenters. The lowest BCUT2D eigenvalue weighted by atomic mass is 10.1. The topological polar surface area (TPSA) is 37.4 Å². The van der Waals surface area contributed by atoms with Crippen LogP contribution in [0.3, 0.4) is 0 Å². The first-order chi connectivity index (χ1) is 7.75. The summed E-state index contributed by atoms with van der Waals surface area (Å²) in [5.41, 5.74) is 2.50. The zero-order valence-electron chi connectivity index (χ0n) is 8.72. The molecule has 3 heteroatoms. The van der Waals surface area contributed by atoms with E-state index >= 15 is 0 Å². The molecule has 0 aromatic heterocycles. The number of benzene rings is 1. The maximum atomic E-state index is 11.5. The van der Waals surface area contributed by atoms with Crippen molar-refractivity contribution >= 4 is 11.8 Å². The van der Waals surface area contributed by atoms with Crippen LogP contribution in [0.2, 0.25) is 0 Å². The maximum Gasteiger partial charge on any atom is 0.253 e. The van der Waals surface area contributed by atoms with Gasteiger partial charge in [-0.15, -0.1) is 0 Å². The van der Waals surface area contributed by atoms with Gasteiger partial charge in [0.15, 0.2) is 0 Å². The third-order valence-corrected chi connectivity index (χ3v) is 3.24. The number of carbonyl (C=O) groups excluding carboxylic acids is 2. The summed E-state index contributed by atoms with van der Waals surface area (Å²) in [5.74, 6) is -0.356. The van der Waals surface area contributed by atoms with Gasteiger partial charge < -0.3 is 0 Å². The Hall–Kier alpha value is -1.90. The van der Waals surface area contributed by atoms with Gasteiger partial charge in [-0.25, -0.2) is 0 Å². The van der Waals surface area contributed by atoms with Crippen molar-refractivity contribution in [2.45, 2.75) is 18.9 Å². The fourth-order valence-corrected chi connectivity index (χ4v) is 2.49. The van der Waals surface area contributed by atoms with Gasteiger partial charge >= 0.3 is 0 Å². The first-order valence-electron chi connectivity index (χ1n) is 5.38. The van der Waals surface area contributed by atoms with E-state index in [0.29, 0.717) is 0 Å². The molecule has 0 radical (unpaired) electrons. The van der Waals surface area contributed by atoms with Crippen LogP contribution >= 0.6 is 0 Å². The summed E-state index contributed by atoms with van der Waals surface area (Å²) in [5, 5.41) is 0. The molecular formula is C13H11NO2. The lowest BCUT2D eigenvalue weighted by molar-refractivity contribution is -0.139. The van der Waals surface area contributed by atoms with Gasteiger partial charge in [0.25, 0.3) is 11.8 Å². The summed E-state index contributed by atoms with van der Waals surface area (Å²) in [4.78, 5) is 24.5. The van der Waals surface area contributed by atoms with Crippen LogP contribution in [0.4, 0.5) is 0 Å². The van der Waals surface area contributed by atoms with Crippen molar-refractivity contribution in [3.05, 3.63) is 47.5 Å². The van der Waals surface area contributed by atoms with E-state index in [0.717, 1.165) is 12.8 Å². The molecule has 2 aliphatic rings. The summed E-state index contributed by atoms with van der Waals surface area (Å²) in [7, 11) is 0. The Bertz CT molecular complexity index is 461. The zero-order valence-corrected chi connectivity index (χ0v) is 8.72. The van der Waals surface area contributed by atoms with E-state index in [1.807, 2.05) is 12.1 Å². The predicted octanol–water partition coefficient (Wildman–Crippen LogP) is 1.08. The fraction of sp³-hybridized carbons (Fsp3) is 0.231. The number of amides is 2. The Kier molecular flexibility index (Phi) is 1.93. The van der Waals surface area contributed by atoms with E-state index in [2.05, 4.69) is 12.1 Å². The lowest BCUT2D eigenvalue weighted by Crippen LogP contribution is -2.40. The van der Waals surface area contributed by atoms with E-state index in [4.69, 9.17) is 0 Å². The second-order valence-corrected chi connectivity index (χ2v) is 4.21. The number of fused-ring (bicyclic) bond motifs is 1. The molecule has 0 saturated heterocycles. The summed E-state index contributed by atoms with van der Waals surface area (Å²) < 4.78 is 0. The van der Waals surface area contributed by atoms with E-state index in [1.54, 1.807) is 0 Å². The number of rotatable bonds is 1. The predicted molar refractivity (Wildman–Crippen MR) is 58.6 cm³/mol. The van der Waals surface area contributed by atoms with Gasteiger partial charge in [-0.2, -0.15) is 0 Å². The minimum atomic E-state index is -0.178. The van der Waals surface area contributed by atoms with Crippen molar-refractivity contribution in [3.63, 3.8) is 0 Å². The van der Waals surface area contributed by atoms with Crippen LogP contribution in [-0.4, -0.2) is 22.8 Å². The minimum Gasteiger partial charge on any atom is -0.272 e. The Morgan fingerprint density at radius 3 is 1.94 bits per heavy atom. The van der Waals surface area contributed by atoms with Gasteiger partial charge in [0.1, 0.15) is 0 Å². The van der Waals surface area contributed by atoms with Crippen LogP contribution in [0.1, 0.15) is 11.1 Å². The quantitative estimate of drug-likeness (QED) is 0.654. The molecule has 1 aliphatic carbocycles. The van der Waals surface area contributed by atoms with Gasteiger partial charge in [0.2, 0.25) is 0 Å². The molecule has 0 atom stereocenters. The fourth-order valence-electron chi connectivity index (χ4n) is 2.49. The molecule has 1 aromatic carbocycles. The number of hydrogen-bond donors (Lipinski definition) is 0. The molecule has 3 rings (SSSR count). The smallest absolute Gasteiger partial charge is 0.253 e. The molecule has 0 spiro atoms. The zero-order chi connectivity index (χ0) is 11.1. The molecular weight excluding hydrogens is 202 g/mol. The summed E-state index contributed by atoms with van der Waals surface area (Å²) >= 11 is 0. The third-order valence-electron chi connectivity index (χ3n) is 3.24. The van der Waals surface area contributed by atoms with Crippen molar-refractivity contribution in [1.82, 2.24) is 4.90 Å². The van der Waals surface area contributed by atoms with E-state index in [1.165, 1.54) is 28.2 Å². The molecule has 2 amide bonds. The van der Waals surface area contributed by atoms with Crippen molar-refractivity contribution in [2.75, 3.05) is 0 Å². The lowest BCUT2D eigenvalue weighted by Gasteiger charge is -2.21. The van der Waals surface area contributed by atoms with Crippen LogP contribution in [0, 0.1) is 0 Å². The average Bonchev–Trinajstić information content (AvgIpc) is 2.82. The van der Waals surface area contributed by atoms with E-state index < -0.39 is 0 Å². The number of hydrogen-bond acceptors (Lipinski definition) is 2. The Morgan fingerprint density at radius 1 is 0.938 bits per heavy atom. The highest BCUT2D eigenvalue weighted by Crippen LogP contribution is 2.26. The maximum absolute atomic E-state index is 11.5. The minimum absolute atomic E-state index is 0.00685. The molecule has 1 aliphatic heterocycles. The van der Waals surface area contributed by atoms with Crippen LogP contribution < -0.4 is 0 Å². The van der Waals surface area contributed by atoms with Crippen molar-refractivity contribution in [2.24, 2.45) is 0 Å². The van der Waals surface area contributed by atoms with Gasteiger partial charge in [0, 0.05) is 18.2 Å². The largest absolute Gasteiger partial charge is 0.272 e. The molecule has 16 heavy (non-hydrogen) atoms. The molecule has 1 heterocycles. The molecule has 3 nitrogen and oxygen atoms in total. The Morgan fingerprint density at radius 2 is 1.44 bits per heavy atom. The van der Waals surface area contributed by atoms with Crippen LogP contribution in [0.15, 0.2) is 36.4 Å². The highest BCUT2D eigenvalue weighted by molar-refractivity contribution is 6.13. The second-order valence-electron chi connectivity index (χ2n) is 4.21. The molecule has 1 aromatic rings. The number of imide groups is 1. The van der Waals surface area contributed by atoms with Gasteiger partial charge in [-0.3, -0.25) is 14.5 Å². The molecule has 0 fully saturated rings. The van der Waals surface area contributed by atoms with Crippen LogP contribution in [0.25, 0.3) is 0 Å². The third kappa shape index (κ3) is 1.28. The number of nitrogens with zero attached hydrogens (tertiary/aromatic N) is 1. The summed E-state index contributed by atoms with van der Waals surface area (Å²) in [6.45, 7) is 0. The second kappa shape index (κ2) is 3.30. The van der Waals surface area contributed by atoms with Crippen LogP contribution in [-0.2, 0) is 22.4 Å². The van der Waals surface area contributed by atoms with Gasteiger partial charge in [0.05, 0.1) is 0 Å². The van der Waals surface area contributed by atoms with E-state index in [-0.39, 0.29) is 17.9 Å². The molecule has 0 bridgehead atoms. The summed E-state index contributed by atoms with van der Waals surface area (Å²) in [6, 6.07) is 8.12. The van der Waals surface area contributed by atoms with Gasteiger partial charge in [-0.1, -0.05) is 24.3 Å². The van der Waals surface area contributed by atoms with Crippen molar-refractivity contribution in [1.29, 1.82) is 0 Å². The van der Waals surface area contributed by atoms with Gasteiger partial charge in [-0.05, 0) is 24.0 Å². The highest BCUT2D eigenvalue weighted by Gasteiger charge is 2.34. The summed E-state index contributed by atoms with van der Waals surface area (Å²) in [6.07, 6.45) is 4.28. The normalized spacial score (nSPS) is 19.6. The number of carbonyl (C=O) groups is 2. The molecule has 0 N–H and O–H groups in total. The monoisotopic (exact) mass is 213 g/mol. The van der Waals surface area contributed by atoms with Crippen LogP contribution in [0.5, 0.6) is 0 Å². The molecule has 0 saturated carbocycles. The van der Waals surface area contributed by atoms with Crippen molar-refractivity contribution in [3.8, 4) is 0 Å². The Labute approximate surface area is 93.4 Å². The Balaban J connectivity index is 1.87. The average molecular weight is 213 g/mol. The highest BCUT2D eigenvalue weighted by atomic mass is 16.2.